The molecule has 0 heterocycles. The van der Waals surface area contributed by atoms with E-state index in [-0.39, 0.29) is 0 Å². The molecule has 1 aliphatic rings. The molecule has 106 valence electrons. The largest absolute Gasteiger partial charge is 0.508 e. The van der Waals surface area contributed by atoms with Gasteiger partial charge in [-0.2, -0.15) is 0 Å². The number of nitrogens with zero attached hydrogens (tertiary/aromatic N) is 1. The Hall–Kier alpha value is -1.02. The minimum atomic E-state index is 0.349. The molecule has 19 heavy (non-hydrogen) atoms. The number of hydrogen-bond acceptors (Lipinski definition) is 2. The van der Waals surface area contributed by atoms with E-state index in [9.17, 15) is 5.11 Å². The van der Waals surface area contributed by atoms with E-state index in [4.69, 9.17) is 0 Å². The van der Waals surface area contributed by atoms with Crippen molar-refractivity contribution < 1.29 is 5.11 Å². The highest BCUT2D eigenvalue weighted by atomic mass is 16.3. The van der Waals surface area contributed by atoms with Gasteiger partial charge in [-0.05, 0) is 63.3 Å². The van der Waals surface area contributed by atoms with Gasteiger partial charge in [-0.15, -0.1) is 0 Å². The summed E-state index contributed by atoms with van der Waals surface area (Å²) in [6, 6.07) is 8.78. The van der Waals surface area contributed by atoms with Crippen molar-refractivity contribution in [1.29, 1.82) is 0 Å². The van der Waals surface area contributed by atoms with Crippen molar-refractivity contribution in [2.45, 2.75) is 58.0 Å². The third-order valence-corrected chi connectivity index (χ3v) is 4.96. The van der Waals surface area contributed by atoms with Gasteiger partial charge in [0.2, 0.25) is 0 Å². The predicted octanol–water partition coefficient (Wildman–Crippen LogP) is 4.35. The quantitative estimate of drug-likeness (QED) is 0.870. The summed E-state index contributed by atoms with van der Waals surface area (Å²) in [5.74, 6) is 1.30. The Bertz CT molecular complexity index is 379. The standard InChI is InChI=1S/C17H27NO/c1-4-14-5-9-16(10-6-14)18(3)13(2)15-7-11-17(19)12-8-15/h7-8,11-14,16,19H,4-6,9-10H2,1-3H3. The molecule has 0 saturated heterocycles. The van der Waals surface area contributed by atoms with Crippen molar-refractivity contribution in [1.82, 2.24) is 4.90 Å². The minimum absolute atomic E-state index is 0.349. The summed E-state index contributed by atoms with van der Waals surface area (Å²) in [6.07, 6.45) is 6.76. The molecule has 2 nitrogen and oxygen atoms in total. The summed E-state index contributed by atoms with van der Waals surface area (Å²) in [6.45, 7) is 4.58. The van der Waals surface area contributed by atoms with E-state index in [1.165, 1.54) is 37.7 Å². The summed E-state index contributed by atoms with van der Waals surface area (Å²) in [5.41, 5.74) is 1.29. The Labute approximate surface area is 117 Å². The first-order valence-electron chi connectivity index (χ1n) is 7.62. The van der Waals surface area contributed by atoms with E-state index in [0.29, 0.717) is 17.8 Å². The average Bonchev–Trinajstić information content (AvgIpc) is 2.46. The van der Waals surface area contributed by atoms with Gasteiger partial charge in [-0.1, -0.05) is 25.5 Å². The first-order valence-corrected chi connectivity index (χ1v) is 7.62. The summed E-state index contributed by atoms with van der Waals surface area (Å²) in [4.78, 5) is 2.51. The maximum absolute atomic E-state index is 9.37. The SMILES string of the molecule is CCC1CCC(N(C)C(C)c2ccc(O)cc2)CC1. The van der Waals surface area contributed by atoms with Crippen LogP contribution in [0.25, 0.3) is 0 Å². The lowest BCUT2D eigenvalue weighted by Crippen LogP contribution is -2.36. The molecule has 1 saturated carbocycles. The van der Waals surface area contributed by atoms with Gasteiger partial charge in [-0.3, -0.25) is 4.90 Å². The molecule has 1 unspecified atom stereocenters. The van der Waals surface area contributed by atoms with Crippen molar-refractivity contribution >= 4 is 0 Å². The van der Waals surface area contributed by atoms with Crippen LogP contribution in [0, 0.1) is 5.92 Å². The zero-order valence-corrected chi connectivity index (χ0v) is 12.5. The minimum Gasteiger partial charge on any atom is -0.508 e. The molecule has 0 bridgehead atoms. The molecule has 0 aliphatic heterocycles. The molecule has 0 amide bonds. The number of hydrogen-bond donors (Lipinski definition) is 1. The van der Waals surface area contributed by atoms with Gasteiger partial charge < -0.3 is 5.11 Å². The zero-order chi connectivity index (χ0) is 13.8. The monoisotopic (exact) mass is 261 g/mol. The molecule has 2 rings (SSSR count). The maximum Gasteiger partial charge on any atom is 0.115 e. The number of phenolic OH excluding ortho intramolecular Hbond substituents is 1. The Morgan fingerprint density at radius 2 is 1.74 bits per heavy atom. The topological polar surface area (TPSA) is 23.5 Å². The van der Waals surface area contributed by atoms with Crippen LogP contribution >= 0.6 is 0 Å². The highest BCUT2D eigenvalue weighted by Gasteiger charge is 2.26. The van der Waals surface area contributed by atoms with E-state index >= 15 is 0 Å². The van der Waals surface area contributed by atoms with Gasteiger partial charge in [0.15, 0.2) is 0 Å². The van der Waals surface area contributed by atoms with Crippen LogP contribution < -0.4 is 0 Å². The third kappa shape index (κ3) is 3.50. The Morgan fingerprint density at radius 1 is 1.16 bits per heavy atom. The number of phenols is 1. The molecule has 1 fully saturated rings. The summed E-state index contributed by atoms with van der Waals surface area (Å²) >= 11 is 0. The lowest BCUT2D eigenvalue weighted by atomic mass is 9.83. The van der Waals surface area contributed by atoms with Crippen molar-refractivity contribution in [2.75, 3.05) is 7.05 Å². The fourth-order valence-electron chi connectivity index (χ4n) is 3.26. The molecule has 1 aliphatic carbocycles. The normalized spacial score (nSPS) is 25.5. The fourth-order valence-corrected chi connectivity index (χ4v) is 3.26. The molecular weight excluding hydrogens is 234 g/mol. The van der Waals surface area contributed by atoms with Crippen LogP contribution in [0.1, 0.15) is 57.6 Å². The second kappa shape index (κ2) is 6.42. The highest BCUT2D eigenvalue weighted by molar-refractivity contribution is 5.27. The van der Waals surface area contributed by atoms with Gasteiger partial charge in [0.1, 0.15) is 5.75 Å². The van der Waals surface area contributed by atoms with Crippen molar-refractivity contribution in [2.24, 2.45) is 5.92 Å². The summed E-state index contributed by atoms with van der Waals surface area (Å²) < 4.78 is 0. The van der Waals surface area contributed by atoms with Crippen molar-refractivity contribution in [3.05, 3.63) is 29.8 Å². The van der Waals surface area contributed by atoms with Gasteiger partial charge in [0.25, 0.3) is 0 Å². The van der Waals surface area contributed by atoms with Crippen LogP contribution in [-0.4, -0.2) is 23.1 Å². The van der Waals surface area contributed by atoms with E-state index in [0.717, 1.165) is 5.92 Å². The lowest BCUT2D eigenvalue weighted by Gasteiger charge is -2.38. The number of rotatable bonds is 4. The highest BCUT2D eigenvalue weighted by Crippen LogP contribution is 2.32. The molecule has 1 aromatic rings. The first kappa shape index (κ1) is 14.4. The lowest BCUT2D eigenvalue weighted by molar-refractivity contribution is 0.127. The van der Waals surface area contributed by atoms with Crippen LogP contribution in [0.3, 0.4) is 0 Å². The molecular formula is C17H27NO. The van der Waals surface area contributed by atoms with Gasteiger partial charge in [0.05, 0.1) is 0 Å². The molecule has 1 aromatic carbocycles. The molecule has 0 aromatic heterocycles. The molecule has 1 atom stereocenters. The fraction of sp³-hybridized carbons (Fsp3) is 0.647. The van der Waals surface area contributed by atoms with Crippen LogP contribution in [0.4, 0.5) is 0 Å². The van der Waals surface area contributed by atoms with E-state index < -0.39 is 0 Å². The number of aromatic hydroxyl groups is 1. The van der Waals surface area contributed by atoms with Gasteiger partial charge in [-0.25, -0.2) is 0 Å². The van der Waals surface area contributed by atoms with Gasteiger partial charge in [0, 0.05) is 12.1 Å². The van der Waals surface area contributed by atoms with E-state index in [2.05, 4.69) is 25.8 Å². The average molecular weight is 261 g/mol. The molecule has 0 radical (unpaired) electrons. The Morgan fingerprint density at radius 3 is 2.26 bits per heavy atom. The van der Waals surface area contributed by atoms with E-state index in [1.807, 2.05) is 12.1 Å². The maximum atomic E-state index is 9.37. The van der Waals surface area contributed by atoms with Crippen molar-refractivity contribution in [3.63, 3.8) is 0 Å². The third-order valence-electron chi connectivity index (χ3n) is 4.96. The Kier molecular flexibility index (Phi) is 4.87. The predicted molar refractivity (Wildman–Crippen MR) is 80.3 cm³/mol. The number of benzene rings is 1. The van der Waals surface area contributed by atoms with E-state index in [1.54, 1.807) is 12.1 Å². The second-order valence-corrected chi connectivity index (χ2v) is 6.02. The van der Waals surface area contributed by atoms with Gasteiger partial charge >= 0.3 is 0 Å². The molecule has 1 N–H and O–H groups in total. The van der Waals surface area contributed by atoms with Crippen molar-refractivity contribution in [3.8, 4) is 5.75 Å². The van der Waals surface area contributed by atoms with Crippen LogP contribution in [0.2, 0.25) is 0 Å². The first-order chi connectivity index (χ1) is 9.11. The summed E-state index contributed by atoms with van der Waals surface area (Å²) in [5, 5.41) is 9.37. The Balaban J connectivity index is 1.95. The molecule has 2 heteroatoms. The van der Waals surface area contributed by atoms with Crippen LogP contribution in [-0.2, 0) is 0 Å². The van der Waals surface area contributed by atoms with Crippen LogP contribution in [0.5, 0.6) is 5.75 Å². The van der Waals surface area contributed by atoms with Crippen LogP contribution in [0.15, 0.2) is 24.3 Å². The second-order valence-electron chi connectivity index (χ2n) is 6.02. The zero-order valence-electron chi connectivity index (χ0n) is 12.5. The molecule has 0 spiro atoms. The summed E-state index contributed by atoms with van der Waals surface area (Å²) in [7, 11) is 2.24. The smallest absolute Gasteiger partial charge is 0.115 e.